The highest BCUT2D eigenvalue weighted by Crippen LogP contribution is 2.28. The molecule has 4 nitrogen and oxygen atoms in total. The number of aliphatic hydroxyl groups is 1. The van der Waals surface area contributed by atoms with Crippen molar-refractivity contribution >= 4 is 0 Å². The van der Waals surface area contributed by atoms with Crippen molar-refractivity contribution < 1.29 is 14.9 Å². The molecule has 1 atom stereocenters. The number of hydrogen-bond acceptors (Lipinski definition) is 4. The first-order chi connectivity index (χ1) is 6.19. The van der Waals surface area contributed by atoms with Crippen molar-refractivity contribution in [2.75, 3.05) is 13.7 Å². The average molecular weight is 183 g/mol. The van der Waals surface area contributed by atoms with Gasteiger partial charge in [-0.25, -0.2) is 0 Å². The summed E-state index contributed by atoms with van der Waals surface area (Å²) in [5.41, 5.74) is 5.88. The number of phenolic OH excluding ortho intramolecular Hbond substituents is 1. The molecule has 0 radical (unpaired) electrons. The van der Waals surface area contributed by atoms with E-state index in [1.807, 2.05) is 0 Å². The van der Waals surface area contributed by atoms with Crippen molar-refractivity contribution in [2.45, 2.75) is 6.10 Å². The summed E-state index contributed by atoms with van der Waals surface area (Å²) in [6.07, 6.45) is -0.754. The first kappa shape index (κ1) is 9.83. The lowest BCUT2D eigenvalue weighted by molar-refractivity contribution is 0.182. The third-order valence-corrected chi connectivity index (χ3v) is 1.80. The van der Waals surface area contributed by atoms with Crippen molar-refractivity contribution in [2.24, 2.45) is 5.73 Å². The Kier molecular flexibility index (Phi) is 3.11. The second-order valence-electron chi connectivity index (χ2n) is 2.68. The van der Waals surface area contributed by atoms with E-state index in [2.05, 4.69) is 0 Å². The van der Waals surface area contributed by atoms with Crippen molar-refractivity contribution in [3.8, 4) is 11.5 Å². The Morgan fingerprint density at radius 2 is 2.23 bits per heavy atom. The number of rotatable bonds is 3. The van der Waals surface area contributed by atoms with Gasteiger partial charge in [0.25, 0.3) is 0 Å². The second-order valence-corrected chi connectivity index (χ2v) is 2.68. The van der Waals surface area contributed by atoms with Crippen molar-refractivity contribution in [3.05, 3.63) is 23.8 Å². The van der Waals surface area contributed by atoms with Crippen molar-refractivity contribution in [3.63, 3.8) is 0 Å². The van der Waals surface area contributed by atoms with Gasteiger partial charge >= 0.3 is 0 Å². The molecule has 0 bridgehead atoms. The molecule has 1 aromatic rings. The molecule has 0 saturated carbocycles. The molecule has 0 saturated heterocycles. The number of nitrogens with two attached hydrogens (primary N) is 1. The molecule has 1 aromatic carbocycles. The topological polar surface area (TPSA) is 75.7 Å². The summed E-state index contributed by atoms with van der Waals surface area (Å²) in [5.74, 6) is 0.544. The van der Waals surface area contributed by atoms with Crippen LogP contribution in [-0.4, -0.2) is 23.9 Å². The van der Waals surface area contributed by atoms with E-state index in [0.717, 1.165) is 0 Å². The zero-order chi connectivity index (χ0) is 9.84. The van der Waals surface area contributed by atoms with Gasteiger partial charge in [0.05, 0.1) is 13.2 Å². The molecule has 0 unspecified atom stereocenters. The van der Waals surface area contributed by atoms with Gasteiger partial charge in [0.15, 0.2) is 0 Å². The summed E-state index contributed by atoms with van der Waals surface area (Å²) in [4.78, 5) is 0. The monoisotopic (exact) mass is 183 g/mol. The van der Waals surface area contributed by atoms with Crippen LogP contribution in [0.15, 0.2) is 18.2 Å². The van der Waals surface area contributed by atoms with Gasteiger partial charge in [-0.3, -0.25) is 0 Å². The van der Waals surface area contributed by atoms with Crippen LogP contribution in [0.4, 0.5) is 0 Å². The maximum atomic E-state index is 9.45. The van der Waals surface area contributed by atoms with Crippen molar-refractivity contribution in [1.82, 2.24) is 0 Å². The van der Waals surface area contributed by atoms with Gasteiger partial charge in [0.1, 0.15) is 11.5 Å². The van der Waals surface area contributed by atoms with Crippen LogP contribution in [0.3, 0.4) is 0 Å². The van der Waals surface area contributed by atoms with Crippen LogP contribution < -0.4 is 10.5 Å². The molecular formula is C9H13NO3. The van der Waals surface area contributed by atoms with Gasteiger partial charge in [-0.2, -0.15) is 0 Å². The minimum absolute atomic E-state index is 0.102. The Bertz CT molecular complexity index is 288. The van der Waals surface area contributed by atoms with Crippen LogP contribution in [0.5, 0.6) is 11.5 Å². The van der Waals surface area contributed by atoms with Crippen LogP contribution in [0, 0.1) is 0 Å². The lowest BCUT2D eigenvalue weighted by Crippen LogP contribution is -2.12. The van der Waals surface area contributed by atoms with Gasteiger partial charge in [-0.15, -0.1) is 0 Å². The van der Waals surface area contributed by atoms with E-state index in [0.29, 0.717) is 11.3 Å². The molecule has 0 amide bonds. The van der Waals surface area contributed by atoms with Crippen LogP contribution >= 0.6 is 0 Å². The summed E-state index contributed by atoms with van der Waals surface area (Å²) in [6, 6.07) is 4.51. The van der Waals surface area contributed by atoms with Crippen LogP contribution in [0.2, 0.25) is 0 Å². The van der Waals surface area contributed by atoms with Gasteiger partial charge in [-0.05, 0) is 12.1 Å². The second kappa shape index (κ2) is 4.11. The van der Waals surface area contributed by atoms with E-state index >= 15 is 0 Å². The number of methoxy groups -OCH3 is 1. The predicted molar refractivity (Wildman–Crippen MR) is 48.7 cm³/mol. The number of phenols is 1. The maximum Gasteiger partial charge on any atom is 0.128 e. The molecule has 4 N–H and O–H groups in total. The number of aliphatic hydroxyl groups excluding tert-OH is 1. The van der Waals surface area contributed by atoms with Gasteiger partial charge in [0, 0.05) is 18.2 Å². The van der Waals surface area contributed by atoms with E-state index in [-0.39, 0.29) is 12.3 Å². The van der Waals surface area contributed by atoms with Crippen LogP contribution in [-0.2, 0) is 0 Å². The zero-order valence-electron chi connectivity index (χ0n) is 7.40. The molecule has 1 rings (SSSR count). The number of hydrogen-bond donors (Lipinski definition) is 3. The van der Waals surface area contributed by atoms with Gasteiger partial charge < -0.3 is 20.7 Å². The highest BCUT2D eigenvalue weighted by atomic mass is 16.5. The molecule has 0 aromatic heterocycles. The Morgan fingerprint density at radius 3 is 2.77 bits per heavy atom. The fraction of sp³-hybridized carbons (Fsp3) is 0.333. The fourth-order valence-corrected chi connectivity index (χ4v) is 1.10. The van der Waals surface area contributed by atoms with Gasteiger partial charge in [0.2, 0.25) is 0 Å². The Labute approximate surface area is 76.6 Å². The van der Waals surface area contributed by atoms with Crippen LogP contribution in [0.25, 0.3) is 0 Å². The van der Waals surface area contributed by atoms with E-state index < -0.39 is 6.10 Å². The third-order valence-electron chi connectivity index (χ3n) is 1.80. The first-order valence-electron chi connectivity index (χ1n) is 3.94. The minimum atomic E-state index is -0.754. The third kappa shape index (κ3) is 2.11. The molecule has 0 spiro atoms. The van der Waals surface area contributed by atoms with Gasteiger partial charge in [-0.1, -0.05) is 0 Å². The lowest BCUT2D eigenvalue weighted by atomic mass is 10.1. The smallest absolute Gasteiger partial charge is 0.128 e. The van der Waals surface area contributed by atoms with E-state index in [1.165, 1.54) is 19.2 Å². The standard InChI is InChI=1S/C9H13NO3/c1-13-9-4-6(11)2-3-7(9)8(12)5-10/h2-4,8,11-12H,5,10H2,1H3/t8-/m1/s1. The average Bonchev–Trinajstić information content (AvgIpc) is 2.16. The highest BCUT2D eigenvalue weighted by molar-refractivity contribution is 5.41. The number of ether oxygens (including phenoxy) is 1. The quantitative estimate of drug-likeness (QED) is 0.633. The molecule has 0 fully saturated rings. The highest BCUT2D eigenvalue weighted by Gasteiger charge is 2.11. The minimum Gasteiger partial charge on any atom is -0.508 e. The maximum absolute atomic E-state index is 9.45. The SMILES string of the molecule is COc1cc(O)ccc1[C@H](O)CN. The predicted octanol–water partition coefficient (Wildman–Crippen LogP) is 0.393. The first-order valence-corrected chi connectivity index (χ1v) is 3.94. The summed E-state index contributed by atoms with van der Waals surface area (Å²) in [7, 11) is 1.47. The summed E-state index contributed by atoms with van der Waals surface area (Å²) in [5, 5.41) is 18.6. The van der Waals surface area contributed by atoms with E-state index in [9.17, 15) is 5.11 Å². The molecule has 0 aliphatic carbocycles. The molecule has 0 aliphatic heterocycles. The Morgan fingerprint density at radius 1 is 1.54 bits per heavy atom. The normalized spacial score (nSPS) is 12.5. The fourth-order valence-electron chi connectivity index (χ4n) is 1.10. The summed E-state index contributed by atoms with van der Waals surface area (Å²) < 4.78 is 4.97. The van der Waals surface area contributed by atoms with Crippen molar-refractivity contribution in [1.29, 1.82) is 0 Å². The lowest BCUT2D eigenvalue weighted by Gasteiger charge is -2.12. The van der Waals surface area contributed by atoms with E-state index in [4.69, 9.17) is 15.6 Å². The molecule has 13 heavy (non-hydrogen) atoms. The molecular weight excluding hydrogens is 170 g/mol. The van der Waals surface area contributed by atoms with E-state index in [1.54, 1.807) is 6.07 Å². The number of aromatic hydroxyl groups is 1. The molecule has 72 valence electrons. The Balaban J connectivity index is 3.05. The van der Waals surface area contributed by atoms with Crippen LogP contribution in [0.1, 0.15) is 11.7 Å². The molecule has 0 aliphatic rings. The zero-order valence-corrected chi connectivity index (χ0v) is 7.40. The largest absolute Gasteiger partial charge is 0.508 e. The molecule has 4 heteroatoms. The summed E-state index contributed by atoms with van der Waals surface area (Å²) in [6.45, 7) is 0.126. The Hall–Kier alpha value is -1.26. The summed E-state index contributed by atoms with van der Waals surface area (Å²) >= 11 is 0. The molecule has 0 heterocycles. The number of benzene rings is 1.